The third-order valence-corrected chi connectivity index (χ3v) is 1.17. The monoisotopic (exact) mass is 98.1 g/mol. The number of rotatable bonds is 2. The fourth-order valence-electron chi connectivity index (χ4n) is 0.714. The molecule has 41 valence electrons. The number of hydrogen-bond donors (Lipinski definition) is 0. The van der Waals surface area contributed by atoms with Crippen LogP contribution in [0.3, 0.4) is 0 Å². The van der Waals surface area contributed by atoms with Crippen LogP contribution in [0.15, 0.2) is 0 Å². The Kier molecular flexibility index (Phi) is 1.33. The minimum Gasteiger partial charge on any atom is -0.309 e. The molecule has 0 spiro atoms. The lowest BCUT2D eigenvalue weighted by Gasteiger charge is -2.05. The van der Waals surface area contributed by atoms with E-state index in [4.69, 9.17) is 0 Å². The largest absolute Gasteiger partial charge is 0.309 e. The van der Waals surface area contributed by atoms with Gasteiger partial charge in [-0.25, -0.2) is 0 Å². The van der Waals surface area contributed by atoms with E-state index in [0.29, 0.717) is 0 Å². The van der Waals surface area contributed by atoms with Gasteiger partial charge >= 0.3 is 0 Å². The zero-order chi connectivity index (χ0) is 5.28. The Morgan fingerprint density at radius 2 is 2.29 bits per heavy atom. The highest BCUT2D eigenvalue weighted by Crippen LogP contribution is 2.27. The topological polar surface area (TPSA) is 3.24 Å². The van der Waals surface area contributed by atoms with Gasteiger partial charge in [-0.15, -0.1) is 0 Å². The van der Waals surface area contributed by atoms with Crippen molar-refractivity contribution in [3.8, 4) is 0 Å². The van der Waals surface area contributed by atoms with E-state index in [9.17, 15) is 0 Å². The minimum atomic E-state index is 0.926. The summed E-state index contributed by atoms with van der Waals surface area (Å²) >= 11 is 0. The molecule has 0 aliphatic heterocycles. The van der Waals surface area contributed by atoms with Crippen LogP contribution >= 0.6 is 0 Å². The molecule has 0 aromatic rings. The Bertz CT molecular complexity index is 55.2. The summed E-state index contributed by atoms with van der Waals surface area (Å²) in [5, 5.41) is 0. The average molecular weight is 98.2 g/mol. The van der Waals surface area contributed by atoms with Gasteiger partial charge in [-0.05, 0) is 32.9 Å². The molecule has 1 saturated carbocycles. The van der Waals surface area contributed by atoms with Gasteiger partial charge in [0.1, 0.15) is 0 Å². The maximum absolute atomic E-state index is 2.35. The van der Waals surface area contributed by atoms with Crippen LogP contribution in [0, 0.1) is 12.3 Å². The molecule has 0 saturated heterocycles. The highest BCUT2D eigenvalue weighted by molar-refractivity contribution is 4.95. The molecule has 0 aromatic heterocycles. The fourth-order valence-corrected chi connectivity index (χ4v) is 0.714. The lowest BCUT2D eigenvalue weighted by Crippen LogP contribution is -2.14. The molecule has 1 atom stereocenters. The van der Waals surface area contributed by atoms with Crippen molar-refractivity contribution in [2.45, 2.75) is 6.42 Å². The van der Waals surface area contributed by atoms with Crippen LogP contribution in [0.1, 0.15) is 6.42 Å². The second-order valence-electron chi connectivity index (χ2n) is 2.49. The molecule has 7 heavy (non-hydrogen) atoms. The summed E-state index contributed by atoms with van der Waals surface area (Å²) in [4.78, 5) is 2.23. The summed E-state index contributed by atoms with van der Waals surface area (Å²) in [6.45, 7) is 1.25. The van der Waals surface area contributed by atoms with Crippen molar-refractivity contribution in [2.75, 3.05) is 20.6 Å². The van der Waals surface area contributed by atoms with E-state index in [1.165, 1.54) is 13.0 Å². The average Bonchev–Trinajstić information content (AvgIpc) is 2.17. The molecule has 0 N–H and O–H groups in total. The van der Waals surface area contributed by atoms with Crippen molar-refractivity contribution in [2.24, 2.45) is 5.92 Å². The van der Waals surface area contributed by atoms with Crippen molar-refractivity contribution in [1.29, 1.82) is 0 Å². The molecule has 1 rings (SSSR count). The smallest absolute Gasteiger partial charge is 0.000642 e. The van der Waals surface area contributed by atoms with E-state index in [2.05, 4.69) is 25.4 Å². The van der Waals surface area contributed by atoms with E-state index in [0.717, 1.165) is 5.92 Å². The number of hydrogen-bond acceptors (Lipinski definition) is 1. The zero-order valence-electron chi connectivity index (χ0n) is 5.02. The van der Waals surface area contributed by atoms with Crippen molar-refractivity contribution < 1.29 is 0 Å². The van der Waals surface area contributed by atoms with Gasteiger partial charge in [0.15, 0.2) is 0 Å². The number of nitrogens with zero attached hydrogens (tertiary/aromatic N) is 1. The Morgan fingerprint density at radius 1 is 1.71 bits per heavy atom. The van der Waals surface area contributed by atoms with Crippen LogP contribution in [0.25, 0.3) is 0 Å². The maximum Gasteiger partial charge on any atom is 0.000642 e. The minimum absolute atomic E-state index is 0.926. The molecular formula is C6H12N. The first-order valence-corrected chi connectivity index (χ1v) is 2.77. The molecule has 1 fully saturated rings. The van der Waals surface area contributed by atoms with Gasteiger partial charge in [0.05, 0.1) is 0 Å². The third-order valence-electron chi connectivity index (χ3n) is 1.17. The maximum atomic E-state index is 2.35. The molecule has 0 heterocycles. The molecule has 1 aliphatic rings. The Labute approximate surface area is 45.3 Å². The van der Waals surface area contributed by atoms with Gasteiger partial charge < -0.3 is 4.90 Å². The molecule has 1 radical (unpaired) electrons. The lowest BCUT2D eigenvalue weighted by molar-refractivity contribution is 0.394. The SMILES string of the molecule is CN(C)CC1[CH]C1. The molecule has 1 heteroatoms. The van der Waals surface area contributed by atoms with E-state index < -0.39 is 0 Å². The highest BCUT2D eigenvalue weighted by Gasteiger charge is 2.21. The van der Waals surface area contributed by atoms with Gasteiger partial charge in [0.2, 0.25) is 0 Å². The zero-order valence-corrected chi connectivity index (χ0v) is 5.02. The molecule has 1 nitrogen and oxygen atoms in total. The summed E-state index contributed by atoms with van der Waals surface area (Å²) in [7, 11) is 4.23. The van der Waals surface area contributed by atoms with Crippen molar-refractivity contribution in [1.82, 2.24) is 4.90 Å². The van der Waals surface area contributed by atoms with Gasteiger partial charge in [0.25, 0.3) is 0 Å². The van der Waals surface area contributed by atoms with Crippen LogP contribution < -0.4 is 0 Å². The summed E-state index contributed by atoms with van der Waals surface area (Å²) in [6, 6.07) is 0. The summed E-state index contributed by atoms with van der Waals surface area (Å²) in [5.74, 6) is 0.926. The van der Waals surface area contributed by atoms with Gasteiger partial charge in [-0.2, -0.15) is 0 Å². The second-order valence-corrected chi connectivity index (χ2v) is 2.49. The van der Waals surface area contributed by atoms with Gasteiger partial charge in [-0.1, -0.05) is 0 Å². The quantitative estimate of drug-likeness (QED) is 0.493. The molecule has 0 aromatic carbocycles. The highest BCUT2D eigenvalue weighted by atomic mass is 15.1. The van der Waals surface area contributed by atoms with Crippen LogP contribution in [-0.2, 0) is 0 Å². The van der Waals surface area contributed by atoms with Gasteiger partial charge in [0, 0.05) is 6.54 Å². The predicted octanol–water partition coefficient (Wildman–Crippen LogP) is 0.772. The molecule has 0 amide bonds. The predicted molar refractivity (Wildman–Crippen MR) is 31.0 cm³/mol. The molecular weight excluding hydrogens is 86.1 g/mol. The van der Waals surface area contributed by atoms with E-state index in [-0.39, 0.29) is 0 Å². The summed E-state index contributed by atoms with van der Waals surface area (Å²) in [5.41, 5.74) is 0. The first-order valence-electron chi connectivity index (χ1n) is 2.77. The summed E-state index contributed by atoms with van der Waals surface area (Å²) in [6.07, 6.45) is 3.69. The molecule has 1 unspecified atom stereocenters. The second kappa shape index (κ2) is 1.83. The third kappa shape index (κ3) is 1.93. The van der Waals surface area contributed by atoms with E-state index in [1.807, 2.05) is 0 Å². The van der Waals surface area contributed by atoms with Gasteiger partial charge in [-0.3, -0.25) is 0 Å². The Morgan fingerprint density at radius 3 is 2.43 bits per heavy atom. The van der Waals surface area contributed by atoms with Crippen LogP contribution in [0.5, 0.6) is 0 Å². The lowest BCUT2D eigenvalue weighted by atomic mass is 10.4. The standard InChI is InChI=1S/C6H12N/c1-7(2)5-6-3-4-6/h3,6H,4-5H2,1-2H3. The van der Waals surface area contributed by atoms with Crippen LogP contribution in [-0.4, -0.2) is 25.5 Å². The van der Waals surface area contributed by atoms with Crippen LogP contribution in [0.4, 0.5) is 0 Å². The first-order chi connectivity index (χ1) is 3.29. The van der Waals surface area contributed by atoms with Crippen molar-refractivity contribution >= 4 is 0 Å². The fraction of sp³-hybridized carbons (Fsp3) is 0.833. The van der Waals surface area contributed by atoms with Crippen molar-refractivity contribution in [3.63, 3.8) is 0 Å². The Hall–Kier alpha value is -0.0400. The van der Waals surface area contributed by atoms with Crippen molar-refractivity contribution in [3.05, 3.63) is 6.42 Å². The van der Waals surface area contributed by atoms with E-state index in [1.54, 1.807) is 0 Å². The Balaban J connectivity index is 1.97. The summed E-state index contributed by atoms with van der Waals surface area (Å²) < 4.78 is 0. The van der Waals surface area contributed by atoms with E-state index >= 15 is 0 Å². The van der Waals surface area contributed by atoms with Crippen LogP contribution in [0.2, 0.25) is 0 Å². The molecule has 1 aliphatic carbocycles. The normalized spacial score (nSPS) is 21.0. The molecule has 0 bridgehead atoms. The first kappa shape index (κ1) is 5.10.